The minimum Gasteiger partial charge on any atom is -0.376 e. The van der Waals surface area contributed by atoms with Gasteiger partial charge >= 0.3 is 6.03 Å². The van der Waals surface area contributed by atoms with Gasteiger partial charge in [-0.3, -0.25) is 4.68 Å². The fourth-order valence-corrected chi connectivity index (χ4v) is 3.17. The number of anilines is 1. The van der Waals surface area contributed by atoms with Crippen molar-refractivity contribution in [1.29, 1.82) is 0 Å². The molecular formula is C19H22N6O2. The van der Waals surface area contributed by atoms with Gasteiger partial charge in [-0.2, -0.15) is 10.2 Å². The molecule has 0 saturated carbocycles. The van der Waals surface area contributed by atoms with Gasteiger partial charge in [-0.25, -0.2) is 9.48 Å². The van der Waals surface area contributed by atoms with Gasteiger partial charge in [0, 0.05) is 31.7 Å². The number of ether oxygens (including phenoxy) is 1. The van der Waals surface area contributed by atoms with Crippen LogP contribution in [0.4, 0.5) is 10.5 Å². The van der Waals surface area contributed by atoms with Crippen molar-refractivity contribution in [2.75, 3.05) is 11.9 Å². The van der Waals surface area contributed by atoms with E-state index >= 15 is 0 Å². The van der Waals surface area contributed by atoms with Crippen LogP contribution in [0.3, 0.4) is 0 Å². The zero-order valence-electron chi connectivity index (χ0n) is 14.9. The van der Waals surface area contributed by atoms with Crippen LogP contribution in [0.1, 0.15) is 18.4 Å². The van der Waals surface area contributed by atoms with Gasteiger partial charge in [0.1, 0.15) is 0 Å². The van der Waals surface area contributed by atoms with Crippen molar-refractivity contribution in [2.45, 2.75) is 32.0 Å². The Morgan fingerprint density at radius 1 is 1.26 bits per heavy atom. The molecule has 1 aliphatic rings. The maximum atomic E-state index is 12.2. The van der Waals surface area contributed by atoms with Gasteiger partial charge in [0.15, 0.2) is 0 Å². The molecule has 8 nitrogen and oxygen atoms in total. The van der Waals surface area contributed by atoms with E-state index < -0.39 is 0 Å². The first-order valence-corrected chi connectivity index (χ1v) is 9.05. The number of carbonyl (C=O) groups excluding carboxylic acids is 1. The van der Waals surface area contributed by atoms with Gasteiger partial charge in [0.25, 0.3) is 0 Å². The largest absolute Gasteiger partial charge is 0.376 e. The van der Waals surface area contributed by atoms with Crippen LogP contribution in [0.25, 0.3) is 5.69 Å². The van der Waals surface area contributed by atoms with Gasteiger partial charge in [-0.15, -0.1) is 0 Å². The summed E-state index contributed by atoms with van der Waals surface area (Å²) in [6.45, 7) is 1.92. The number of hydrogen-bond acceptors (Lipinski definition) is 4. The van der Waals surface area contributed by atoms with Crippen LogP contribution in [0.5, 0.6) is 0 Å². The molecule has 0 spiro atoms. The molecule has 1 aliphatic heterocycles. The fourth-order valence-electron chi connectivity index (χ4n) is 3.17. The van der Waals surface area contributed by atoms with E-state index in [-0.39, 0.29) is 12.1 Å². The Bertz CT molecular complexity index is 883. The van der Waals surface area contributed by atoms with Crippen molar-refractivity contribution < 1.29 is 9.53 Å². The molecule has 3 heterocycles. The predicted molar refractivity (Wildman–Crippen MR) is 101 cm³/mol. The molecule has 0 aliphatic carbocycles. The zero-order chi connectivity index (χ0) is 18.5. The number of nitrogens with zero attached hydrogens (tertiary/aromatic N) is 4. The summed E-state index contributed by atoms with van der Waals surface area (Å²) in [4.78, 5) is 12.2. The number of urea groups is 1. The summed E-state index contributed by atoms with van der Waals surface area (Å²) >= 11 is 0. The van der Waals surface area contributed by atoms with E-state index in [1.165, 1.54) is 0 Å². The number of benzene rings is 1. The molecule has 1 unspecified atom stereocenters. The molecule has 2 aromatic heterocycles. The average molecular weight is 366 g/mol. The molecule has 1 fully saturated rings. The monoisotopic (exact) mass is 366 g/mol. The van der Waals surface area contributed by atoms with E-state index in [4.69, 9.17) is 4.74 Å². The van der Waals surface area contributed by atoms with Crippen LogP contribution in [0, 0.1) is 0 Å². The minimum atomic E-state index is -0.276. The first-order valence-electron chi connectivity index (χ1n) is 9.05. The molecule has 1 aromatic carbocycles. The molecule has 3 aromatic rings. The van der Waals surface area contributed by atoms with Gasteiger partial charge in [-0.1, -0.05) is 18.2 Å². The molecule has 0 radical (unpaired) electrons. The highest BCUT2D eigenvalue weighted by atomic mass is 16.5. The van der Waals surface area contributed by atoms with Crippen LogP contribution in [0.15, 0.2) is 55.1 Å². The van der Waals surface area contributed by atoms with Gasteiger partial charge < -0.3 is 15.4 Å². The minimum absolute atomic E-state index is 0.213. The maximum absolute atomic E-state index is 12.2. The summed E-state index contributed by atoms with van der Waals surface area (Å²) in [6.07, 6.45) is 9.43. The number of nitrogens with one attached hydrogen (secondary N) is 2. The second kappa shape index (κ2) is 8.05. The number of carbonyl (C=O) groups is 1. The van der Waals surface area contributed by atoms with Crippen molar-refractivity contribution >= 4 is 11.7 Å². The molecule has 8 heteroatoms. The summed E-state index contributed by atoms with van der Waals surface area (Å²) < 4.78 is 9.19. The molecule has 2 N–H and O–H groups in total. The standard InChI is InChI=1S/C19H22N6O2/c26-19(23-16-12-22-24(13-16)14-17-6-3-10-27-17)20-11-15-5-1-2-7-18(15)25-9-4-8-21-25/h1-2,4-5,7-9,12-13,17H,3,6,10-11,14H2,(H2,20,23,26). The first kappa shape index (κ1) is 17.3. The Morgan fingerprint density at radius 3 is 3.00 bits per heavy atom. The van der Waals surface area contributed by atoms with Crippen molar-refractivity contribution in [3.8, 4) is 5.69 Å². The third-order valence-electron chi connectivity index (χ3n) is 4.49. The lowest BCUT2D eigenvalue weighted by Crippen LogP contribution is -2.28. The molecule has 0 bridgehead atoms. The van der Waals surface area contributed by atoms with Crippen LogP contribution < -0.4 is 10.6 Å². The summed E-state index contributed by atoms with van der Waals surface area (Å²) in [5.41, 5.74) is 2.57. The second-order valence-corrected chi connectivity index (χ2v) is 6.47. The van der Waals surface area contributed by atoms with Crippen molar-refractivity contribution in [3.63, 3.8) is 0 Å². The van der Waals surface area contributed by atoms with E-state index in [1.807, 2.05) is 42.7 Å². The summed E-state index contributed by atoms with van der Waals surface area (Å²) in [5.74, 6) is 0. The molecule has 27 heavy (non-hydrogen) atoms. The summed E-state index contributed by atoms with van der Waals surface area (Å²) in [6, 6.07) is 9.42. The summed E-state index contributed by atoms with van der Waals surface area (Å²) in [5, 5.41) is 14.2. The van der Waals surface area contributed by atoms with Crippen molar-refractivity contribution in [3.05, 3.63) is 60.7 Å². The zero-order valence-corrected chi connectivity index (χ0v) is 14.9. The smallest absolute Gasteiger partial charge is 0.319 e. The Balaban J connectivity index is 1.32. The SMILES string of the molecule is O=C(NCc1ccccc1-n1cccn1)Nc1cnn(CC2CCCO2)c1. The fraction of sp³-hybridized carbons (Fsp3) is 0.316. The molecule has 4 rings (SSSR count). The number of para-hydroxylation sites is 1. The Morgan fingerprint density at radius 2 is 2.19 bits per heavy atom. The maximum Gasteiger partial charge on any atom is 0.319 e. The molecule has 2 amide bonds. The van der Waals surface area contributed by atoms with E-state index in [9.17, 15) is 4.79 Å². The first-order chi connectivity index (χ1) is 13.3. The highest BCUT2D eigenvalue weighted by Gasteiger charge is 2.16. The van der Waals surface area contributed by atoms with E-state index in [2.05, 4.69) is 20.8 Å². The second-order valence-electron chi connectivity index (χ2n) is 6.47. The molecular weight excluding hydrogens is 344 g/mol. The number of rotatable bonds is 6. The third kappa shape index (κ3) is 4.35. The van der Waals surface area contributed by atoms with Crippen LogP contribution >= 0.6 is 0 Å². The molecule has 140 valence electrons. The Labute approximate surface area is 157 Å². The quantitative estimate of drug-likeness (QED) is 0.702. The Hall–Kier alpha value is -3.13. The van der Waals surface area contributed by atoms with Crippen molar-refractivity contribution in [1.82, 2.24) is 24.9 Å². The van der Waals surface area contributed by atoms with Gasteiger partial charge in [-0.05, 0) is 30.5 Å². The van der Waals surface area contributed by atoms with E-state index in [0.717, 1.165) is 30.7 Å². The number of amides is 2. The number of aromatic nitrogens is 4. The van der Waals surface area contributed by atoms with Crippen molar-refractivity contribution in [2.24, 2.45) is 0 Å². The van der Waals surface area contributed by atoms with E-state index in [0.29, 0.717) is 18.8 Å². The lowest BCUT2D eigenvalue weighted by Gasteiger charge is -2.11. The Kier molecular flexibility index (Phi) is 5.15. The highest BCUT2D eigenvalue weighted by Crippen LogP contribution is 2.15. The average Bonchev–Trinajstić information content (AvgIpc) is 3.44. The lowest BCUT2D eigenvalue weighted by atomic mass is 10.2. The predicted octanol–water partition coefficient (Wildman–Crippen LogP) is 2.57. The summed E-state index contributed by atoms with van der Waals surface area (Å²) in [7, 11) is 0. The van der Waals surface area contributed by atoms with Crippen LogP contribution in [0.2, 0.25) is 0 Å². The van der Waals surface area contributed by atoms with Gasteiger partial charge in [0.05, 0.1) is 30.2 Å². The molecule has 1 saturated heterocycles. The normalized spacial score (nSPS) is 16.4. The van der Waals surface area contributed by atoms with E-state index in [1.54, 1.807) is 21.8 Å². The van der Waals surface area contributed by atoms with Gasteiger partial charge in [0.2, 0.25) is 0 Å². The van der Waals surface area contributed by atoms with Crippen LogP contribution in [-0.2, 0) is 17.8 Å². The highest BCUT2D eigenvalue weighted by molar-refractivity contribution is 5.88. The van der Waals surface area contributed by atoms with Crippen LogP contribution in [-0.4, -0.2) is 38.3 Å². The molecule has 1 atom stereocenters. The third-order valence-corrected chi connectivity index (χ3v) is 4.49. The topological polar surface area (TPSA) is 86.0 Å². The number of hydrogen-bond donors (Lipinski definition) is 2. The lowest BCUT2D eigenvalue weighted by molar-refractivity contribution is 0.0940.